The fourth-order valence-electron chi connectivity index (χ4n) is 9.09. The van der Waals surface area contributed by atoms with Crippen molar-refractivity contribution >= 4 is 11.4 Å². The van der Waals surface area contributed by atoms with Crippen LogP contribution in [-0.2, 0) is 29.3 Å². The van der Waals surface area contributed by atoms with Crippen molar-refractivity contribution in [2.45, 2.75) is 246 Å². The van der Waals surface area contributed by atoms with E-state index in [0.29, 0.717) is 0 Å². The Morgan fingerprint density at radius 1 is 0.441 bits per heavy atom. The standard InChI is InChI=1S/C56H90N2.Ni/c1-5-8-11-13-14-15-16-17-18-19-20-21-22-23-24-25-26-27-28-29-30-31-32-33-34-36-41-51-42-38-39-44-54(51)55-49(4)53(43-37-12-9-6-2)56(58(55)57)52-47-45-50(46-48-52)40-35-10-7-3;/h33-34,38-39,42,44-48H,5-32,35-37,40-41,43H2,1-4H3;. The van der Waals surface area contributed by atoms with Gasteiger partial charge in [-0.3, -0.25) is 0 Å². The van der Waals surface area contributed by atoms with Gasteiger partial charge in [0.25, 0.3) is 0 Å². The number of benzene rings is 2. The van der Waals surface area contributed by atoms with E-state index < -0.39 is 0 Å². The Balaban J connectivity index is 0.0000120. The van der Waals surface area contributed by atoms with Crippen LogP contribution in [0.4, 0.5) is 0 Å². The Bertz CT molecular complexity index is 1450. The normalized spacial score (nSPS) is 13.1. The van der Waals surface area contributed by atoms with Gasteiger partial charge in [-0.1, -0.05) is 230 Å². The summed E-state index contributed by atoms with van der Waals surface area (Å²) < 4.78 is 1.53. The van der Waals surface area contributed by atoms with Gasteiger partial charge in [-0.15, -0.1) is 0 Å². The first kappa shape index (κ1) is 52.9. The molecule has 0 aliphatic carbocycles. The molecule has 0 atom stereocenters. The molecule has 0 bridgehead atoms. The van der Waals surface area contributed by atoms with Crippen LogP contribution in [0.2, 0.25) is 0 Å². The monoisotopic (exact) mass is 849 g/mol. The van der Waals surface area contributed by atoms with Crippen LogP contribution in [0.1, 0.15) is 255 Å². The van der Waals surface area contributed by atoms with Gasteiger partial charge < -0.3 is 5.53 Å². The molecule has 3 heteroatoms. The molecule has 0 N–H and O–H groups in total. The Morgan fingerprint density at radius 3 is 1.39 bits per heavy atom. The summed E-state index contributed by atoms with van der Waals surface area (Å²) in [4.78, 5) is 0. The Labute approximate surface area is 376 Å². The van der Waals surface area contributed by atoms with Gasteiger partial charge >= 0.3 is 0 Å². The van der Waals surface area contributed by atoms with E-state index in [1.165, 1.54) is 219 Å². The van der Waals surface area contributed by atoms with Gasteiger partial charge in [0.1, 0.15) is 0 Å². The molecular formula is C56H90N2Ni. The molecule has 1 aliphatic rings. The maximum Gasteiger partial charge on any atom is 0.211 e. The number of aryl methyl sites for hydroxylation is 2. The molecule has 334 valence electrons. The van der Waals surface area contributed by atoms with Crippen LogP contribution in [0.15, 0.2) is 71.8 Å². The molecule has 2 aromatic rings. The predicted octanol–water partition coefficient (Wildman–Crippen LogP) is 19.1. The molecule has 1 heterocycles. The van der Waals surface area contributed by atoms with Crippen molar-refractivity contribution in [2.24, 2.45) is 0 Å². The fourth-order valence-corrected chi connectivity index (χ4v) is 9.09. The molecule has 0 amide bonds. The van der Waals surface area contributed by atoms with E-state index in [-0.39, 0.29) is 16.5 Å². The number of rotatable bonds is 37. The molecule has 0 fully saturated rings. The van der Waals surface area contributed by atoms with Gasteiger partial charge in [0.15, 0.2) is 0 Å². The first-order valence-corrected chi connectivity index (χ1v) is 25.4. The van der Waals surface area contributed by atoms with Crippen LogP contribution in [0.25, 0.3) is 16.9 Å². The minimum Gasteiger partial charge on any atom is -0.493 e. The first-order chi connectivity index (χ1) is 28.6. The largest absolute Gasteiger partial charge is 0.493 e. The third-order valence-corrected chi connectivity index (χ3v) is 12.8. The van der Waals surface area contributed by atoms with Crippen LogP contribution < -0.4 is 0 Å². The summed E-state index contributed by atoms with van der Waals surface area (Å²) >= 11 is 0. The third kappa shape index (κ3) is 21.9. The van der Waals surface area contributed by atoms with E-state index in [2.05, 4.69) is 88.4 Å². The van der Waals surface area contributed by atoms with Gasteiger partial charge in [-0.25, -0.2) is 4.70 Å². The van der Waals surface area contributed by atoms with Gasteiger partial charge in [0.05, 0.1) is 0 Å². The van der Waals surface area contributed by atoms with Gasteiger partial charge in [0, 0.05) is 38.8 Å². The molecule has 2 nitrogen and oxygen atoms in total. The second-order valence-electron chi connectivity index (χ2n) is 18.0. The van der Waals surface area contributed by atoms with E-state index >= 15 is 0 Å². The molecule has 2 aromatic carbocycles. The molecular weight excluding hydrogens is 759 g/mol. The third-order valence-electron chi connectivity index (χ3n) is 12.8. The number of unbranched alkanes of at least 4 members (excludes halogenated alkanes) is 27. The molecule has 0 spiro atoms. The van der Waals surface area contributed by atoms with Crippen molar-refractivity contribution < 1.29 is 21.2 Å². The Hall–Kier alpha value is -2.25. The summed E-state index contributed by atoms with van der Waals surface area (Å²) in [7, 11) is 0. The zero-order valence-electron chi connectivity index (χ0n) is 39.0. The topological polar surface area (TPSA) is 25.3 Å². The molecule has 0 radical (unpaired) electrons. The number of nitrogens with zero attached hydrogens (tertiary/aromatic N) is 2. The minimum absolute atomic E-state index is 0. The summed E-state index contributed by atoms with van der Waals surface area (Å²) in [6.07, 6.45) is 50.5. The van der Waals surface area contributed by atoms with Crippen molar-refractivity contribution in [3.05, 3.63) is 99.6 Å². The second-order valence-corrected chi connectivity index (χ2v) is 18.0. The molecule has 0 aromatic heterocycles. The molecule has 0 saturated carbocycles. The van der Waals surface area contributed by atoms with E-state index in [4.69, 9.17) is 0 Å². The summed E-state index contributed by atoms with van der Waals surface area (Å²) in [5.74, 6) is 0. The van der Waals surface area contributed by atoms with Crippen LogP contribution in [0.5, 0.6) is 0 Å². The van der Waals surface area contributed by atoms with Crippen LogP contribution in [-0.4, -0.2) is 4.70 Å². The summed E-state index contributed by atoms with van der Waals surface area (Å²) in [6.45, 7) is 9.08. The van der Waals surface area contributed by atoms with Crippen molar-refractivity contribution in [2.75, 3.05) is 0 Å². The number of hydrogen-bond acceptors (Lipinski definition) is 0. The average Bonchev–Trinajstić information content (AvgIpc) is 3.48. The first-order valence-electron chi connectivity index (χ1n) is 25.4. The number of allylic oxidation sites excluding steroid dienone is 4. The van der Waals surface area contributed by atoms with E-state index in [1.54, 1.807) is 0 Å². The van der Waals surface area contributed by atoms with Crippen molar-refractivity contribution in [1.82, 2.24) is 0 Å². The molecule has 0 saturated heterocycles. The molecule has 59 heavy (non-hydrogen) atoms. The quantitative estimate of drug-likeness (QED) is 0.0280. The zero-order valence-corrected chi connectivity index (χ0v) is 40.0. The van der Waals surface area contributed by atoms with Crippen LogP contribution >= 0.6 is 0 Å². The van der Waals surface area contributed by atoms with Gasteiger partial charge in [-0.05, 0) is 87.6 Å². The zero-order chi connectivity index (χ0) is 41.3. The summed E-state index contributed by atoms with van der Waals surface area (Å²) in [5.41, 5.74) is 21.4. The Kier molecular flexibility index (Phi) is 31.7. The van der Waals surface area contributed by atoms with Crippen molar-refractivity contribution in [3.8, 4) is 0 Å². The van der Waals surface area contributed by atoms with E-state index in [0.717, 1.165) is 49.1 Å². The number of hydrogen-bond donors (Lipinski definition) is 0. The van der Waals surface area contributed by atoms with Gasteiger partial charge in [0.2, 0.25) is 11.4 Å². The van der Waals surface area contributed by atoms with Crippen molar-refractivity contribution in [1.29, 1.82) is 0 Å². The second kappa shape index (κ2) is 35.4. The Morgan fingerprint density at radius 2 is 0.864 bits per heavy atom. The smallest absolute Gasteiger partial charge is 0.211 e. The van der Waals surface area contributed by atoms with E-state index in [9.17, 15) is 5.53 Å². The van der Waals surface area contributed by atoms with Crippen molar-refractivity contribution in [3.63, 3.8) is 0 Å². The fraction of sp³-hybridized carbons (Fsp3) is 0.679. The molecule has 0 unspecified atom stereocenters. The molecule has 3 rings (SSSR count). The SMILES string of the molecule is CCCCCCCCCCCCCCCCCCCCCCCCC=CCCc1ccccc1C1=C(C)C(CCCCCC)=C(c2ccc(CCCCC)cc2)[N+]1=[N-].[Ni]. The van der Waals surface area contributed by atoms with Gasteiger partial charge in [-0.2, -0.15) is 0 Å². The van der Waals surface area contributed by atoms with Crippen LogP contribution in [0, 0.1) is 0 Å². The average molecular weight is 850 g/mol. The van der Waals surface area contributed by atoms with Crippen LogP contribution in [0.3, 0.4) is 0 Å². The maximum absolute atomic E-state index is 11.9. The minimum atomic E-state index is 0. The molecule has 1 aliphatic heterocycles. The summed E-state index contributed by atoms with van der Waals surface area (Å²) in [5, 5.41) is 0. The van der Waals surface area contributed by atoms with E-state index in [1.807, 2.05) is 0 Å². The predicted molar refractivity (Wildman–Crippen MR) is 257 cm³/mol. The maximum atomic E-state index is 11.9. The summed E-state index contributed by atoms with van der Waals surface area (Å²) in [6, 6.07) is 17.8.